The van der Waals surface area contributed by atoms with Gasteiger partial charge in [0.1, 0.15) is 0 Å². The third-order valence-corrected chi connectivity index (χ3v) is 2.22. The Morgan fingerprint density at radius 2 is 2.31 bits per heavy atom. The van der Waals surface area contributed by atoms with Gasteiger partial charge in [-0.05, 0) is 24.1 Å². The fourth-order valence-corrected chi connectivity index (χ4v) is 1.52. The normalized spacial score (nSPS) is 16.0. The van der Waals surface area contributed by atoms with Crippen molar-refractivity contribution in [2.24, 2.45) is 0 Å². The van der Waals surface area contributed by atoms with Crippen LogP contribution in [0.1, 0.15) is 18.5 Å². The molecule has 0 spiro atoms. The van der Waals surface area contributed by atoms with Gasteiger partial charge in [-0.2, -0.15) is 0 Å². The molecule has 0 unspecified atom stereocenters. The van der Waals surface area contributed by atoms with Crippen LogP contribution in [0, 0.1) is 0 Å². The van der Waals surface area contributed by atoms with Gasteiger partial charge in [0.25, 0.3) is 0 Å². The second kappa shape index (κ2) is 3.52. The van der Waals surface area contributed by atoms with Crippen molar-refractivity contribution in [2.45, 2.75) is 19.3 Å². The molecule has 1 aromatic heterocycles. The first kappa shape index (κ1) is 8.17. The van der Waals surface area contributed by atoms with Crippen molar-refractivity contribution in [1.29, 1.82) is 0 Å². The van der Waals surface area contributed by atoms with Crippen LogP contribution in [-0.2, 0) is 11.2 Å². The quantitative estimate of drug-likeness (QED) is 0.683. The lowest BCUT2D eigenvalue weighted by Crippen LogP contribution is -2.00. The highest BCUT2D eigenvalue weighted by Gasteiger charge is 2.14. The van der Waals surface area contributed by atoms with E-state index < -0.39 is 0 Å². The number of pyridine rings is 1. The second-order valence-electron chi connectivity index (χ2n) is 3.19. The molecule has 0 aromatic carbocycles. The van der Waals surface area contributed by atoms with Crippen molar-refractivity contribution in [3.8, 4) is 0 Å². The zero-order valence-electron chi connectivity index (χ0n) is 7.36. The average molecular weight is 173 g/mol. The Morgan fingerprint density at radius 3 is 2.92 bits per heavy atom. The van der Waals surface area contributed by atoms with Crippen LogP contribution in [0.5, 0.6) is 0 Å². The van der Waals surface area contributed by atoms with Crippen LogP contribution in [0.2, 0.25) is 0 Å². The molecule has 0 saturated heterocycles. The minimum Gasteiger partial charge on any atom is -0.295 e. The summed E-state index contributed by atoms with van der Waals surface area (Å²) in [7, 11) is 0. The fraction of sp³-hybridized carbons (Fsp3) is 0.273. The maximum absolute atomic E-state index is 11.3. The Hall–Kier alpha value is -1.44. The van der Waals surface area contributed by atoms with Crippen LogP contribution >= 0.6 is 0 Å². The van der Waals surface area contributed by atoms with E-state index in [9.17, 15) is 4.79 Å². The van der Waals surface area contributed by atoms with Gasteiger partial charge in [-0.3, -0.25) is 9.78 Å². The summed E-state index contributed by atoms with van der Waals surface area (Å²) in [5, 5.41) is 0. The Kier molecular flexibility index (Phi) is 2.21. The molecule has 0 N–H and O–H groups in total. The third kappa shape index (κ3) is 1.83. The second-order valence-corrected chi connectivity index (χ2v) is 3.19. The lowest BCUT2D eigenvalue weighted by atomic mass is 10.1. The number of nitrogens with zero attached hydrogens (tertiary/aromatic N) is 1. The molecule has 1 aliphatic rings. The fourth-order valence-electron chi connectivity index (χ4n) is 1.52. The van der Waals surface area contributed by atoms with Crippen LogP contribution in [-0.4, -0.2) is 10.8 Å². The Morgan fingerprint density at radius 1 is 1.38 bits per heavy atom. The number of Topliss-reactive ketones (excluding diaryl/α,β-unsaturated/α-hetero) is 1. The molecule has 0 aliphatic heterocycles. The van der Waals surface area contributed by atoms with E-state index in [0.717, 1.165) is 17.7 Å². The highest BCUT2D eigenvalue weighted by atomic mass is 16.1. The van der Waals surface area contributed by atoms with Gasteiger partial charge in [0.2, 0.25) is 0 Å². The van der Waals surface area contributed by atoms with Gasteiger partial charge < -0.3 is 0 Å². The molecule has 0 bridgehead atoms. The molecule has 2 rings (SSSR count). The van der Waals surface area contributed by atoms with Crippen LogP contribution in [0.3, 0.4) is 0 Å². The molecule has 1 aromatic rings. The molecular formula is C11H11NO. The summed E-state index contributed by atoms with van der Waals surface area (Å²) in [6, 6.07) is 5.78. The van der Waals surface area contributed by atoms with Gasteiger partial charge in [-0.1, -0.05) is 12.1 Å². The lowest BCUT2D eigenvalue weighted by Gasteiger charge is -1.99. The predicted octanol–water partition coefficient (Wildman–Crippen LogP) is 1.91. The zero-order valence-corrected chi connectivity index (χ0v) is 7.36. The highest BCUT2D eigenvalue weighted by Crippen LogP contribution is 2.17. The number of carbonyl (C=O) groups is 1. The van der Waals surface area contributed by atoms with E-state index in [1.54, 1.807) is 6.20 Å². The molecule has 2 nitrogen and oxygen atoms in total. The summed E-state index contributed by atoms with van der Waals surface area (Å²) >= 11 is 0. The van der Waals surface area contributed by atoms with E-state index in [-0.39, 0.29) is 5.78 Å². The number of rotatable bonds is 2. The number of hydrogen-bond donors (Lipinski definition) is 0. The van der Waals surface area contributed by atoms with Crippen LogP contribution in [0.15, 0.2) is 36.0 Å². The first-order chi connectivity index (χ1) is 6.36. The minimum absolute atomic E-state index is 0.283. The number of ketones is 1. The van der Waals surface area contributed by atoms with Gasteiger partial charge in [-0.25, -0.2) is 0 Å². The summed E-state index contributed by atoms with van der Waals surface area (Å²) in [6.07, 6.45) is 6.06. The van der Waals surface area contributed by atoms with Gasteiger partial charge >= 0.3 is 0 Å². The standard InChI is InChI=1S/C11H11NO/c13-11-6-3-4-9(11)8-10-5-1-2-7-12-10/h1-2,4-5,7H,3,6,8H2. The monoisotopic (exact) mass is 173 g/mol. The molecule has 1 aliphatic carbocycles. The topological polar surface area (TPSA) is 30.0 Å². The number of allylic oxidation sites excluding steroid dienone is 2. The van der Waals surface area contributed by atoms with E-state index in [1.807, 2.05) is 24.3 Å². The Balaban J connectivity index is 2.11. The van der Waals surface area contributed by atoms with E-state index >= 15 is 0 Å². The maximum atomic E-state index is 11.3. The van der Waals surface area contributed by atoms with Crippen LogP contribution in [0.4, 0.5) is 0 Å². The maximum Gasteiger partial charge on any atom is 0.159 e. The molecule has 0 atom stereocenters. The van der Waals surface area contributed by atoms with Crippen molar-refractivity contribution in [3.63, 3.8) is 0 Å². The first-order valence-electron chi connectivity index (χ1n) is 4.48. The smallest absolute Gasteiger partial charge is 0.159 e. The predicted molar refractivity (Wildman–Crippen MR) is 50.3 cm³/mol. The Labute approximate surface area is 77.3 Å². The zero-order chi connectivity index (χ0) is 9.10. The Bertz CT molecular complexity index is 340. The van der Waals surface area contributed by atoms with Gasteiger partial charge in [0.05, 0.1) is 0 Å². The summed E-state index contributed by atoms with van der Waals surface area (Å²) in [5.74, 6) is 0.283. The van der Waals surface area contributed by atoms with Crippen molar-refractivity contribution in [1.82, 2.24) is 4.98 Å². The molecule has 0 fully saturated rings. The minimum atomic E-state index is 0.283. The van der Waals surface area contributed by atoms with Gasteiger partial charge in [-0.15, -0.1) is 0 Å². The van der Waals surface area contributed by atoms with E-state index in [0.29, 0.717) is 12.8 Å². The largest absolute Gasteiger partial charge is 0.295 e. The molecule has 0 radical (unpaired) electrons. The molecule has 0 saturated carbocycles. The first-order valence-corrected chi connectivity index (χ1v) is 4.48. The summed E-state index contributed by atoms with van der Waals surface area (Å²) in [4.78, 5) is 15.5. The van der Waals surface area contributed by atoms with E-state index in [4.69, 9.17) is 0 Å². The summed E-state index contributed by atoms with van der Waals surface area (Å²) < 4.78 is 0. The average Bonchev–Trinajstić information content (AvgIpc) is 2.54. The van der Waals surface area contributed by atoms with E-state index in [2.05, 4.69) is 4.98 Å². The highest BCUT2D eigenvalue weighted by molar-refractivity contribution is 5.97. The van der Waals surface area contributed by atoms with Gasteiger partial charge in [0, 0.05) is 24.7 Å². The lowest BCUT2D eigenvalue weighted by molar-refractivity contribution is -0.115. The molecule has 13 heavy (non-hydrogen) atoms. The molecule has 1 heterocycles. The van der Waals surface area contributed by atoms with E-state index in [1.165, 1.54) is 0 Å². The third-order valence-electron chi connectivity index (χ3n) is 2.22. The van der Waals surface area contributed by atoms with Crippen molar-refractivity contribution in [3.05, 3.63) is 41.7 Å². The molecular weight excluding hydrogens is 162 g/mol. The summed E-state index contributed by atoms with van der Waals surface area (Å²) in [5.41, 5.74) is 1.91. The van der Waals surface area contributed by atoms with Crippen LogP contribution in [0.25, 0.3) is 0 Å². The number of carbonyl (C=O) groups excluding carboxylic acids is 1. The molecule has 0 amide bonds. The SMILES string of the molecule is O=C1CCC=C1Cc1ccccn1. The van der Waals surface area contributed by atoms with Gasteiger partial charge in [0.15, 0.2) is 5.78 Å². The molecule has 66 valence electrons. The van der Waals surface area contributed by atoms with Crippen molar-refractivity contribution < 1.29 is 4.79 Å². The number of hydrogen-bond acceptors (Lipinski definition) is 2. The molecule has 2 heteroatoms. The summed E-state index contributed by atoms with van der Waals surface area (Å²) in [6.45, 7) is 0. The van der Waals surface area contributed by atoms with Crippen molar-refractivity contribution >= 4 is 5.78 Å². The van der Waals surface area contributed by atoms with Crippen molar-refractivity contribution in [2.75, 3.05) is 0 Å². The number of aromatic nitrogens is 1. The van der Waals surface area contributed by atoms with Crippen LogP contribution < -0.4 is 0 Å².